The minimum absolute atomic E-state index is 0.634. The first kappa shape index (κ1) is 10.4. The highest BCUT2D eigenvalue weighted by atomic mass is 32.2. The Morgan fingerprint density at radius 1 is 1.47 bits per heavy atom. The molecule has 2 N–H and O–H groups in total. The molecule has 0 saturated heterocycles. The van der Waals surface area contributed by atoms with Gasteiger partial charge in [0.25, 0.3) is 5.22 Å². The maximum atomic E-state index is 5.66. The molecule has 2 aromatic rings. The predicted octanol–water partition coefficient (Wildman–Crippen LogP) is 3.16. The monoisotopic (exact) mass is 222 g/mol. The number of oxazole rings is 1. The molecule has 0 radical (unpaired) electrons. The number of fused-ring (bicyclic) bond motifs is 1. The van der Waals surface area contributed by atoms with Gasteiger partial charge in [-0.1, -0.05) is 25.6 Å². The lowest BCUT2D eigenvalue weighted by atomic mass is 10.3. The van der Waals surface area contributed by atoms with Gasteiger partial charge in [-0.2, -0.15) is 0 Å². The zero-order valence-corrected chi connectivity index (χ0v) is 9.67. The fourth-order valence-electron chi connectivity index (χ4n) is 1.22. The second-order valence-electron chi connectivity index (χ2n) is 3.91. The van der Waals surface area contributed by atoms with Crippen molar-refractivity contribution in [1.82, 2.24) is 4.98 Å². The van der Waals surface area contributed by atoms with Gasteiger partial charge in [0.1, 0.15) is 5.52 Å². The average molecular weight is 222 g/mol. The molecule has 0 saturated carbocycles. The van der Waals surface area contributed by atoms with Crippen molar-refractivity contribution in [2.24, 2.45) is 5.92 Å². The van der Waals surface area contributed by atoms with E-state index in [1.807, 2.05) is 18.2 Å². The molecule has 0 amide bonds. The lowest BCUT2D eigenvalue weighted by Crippen LogP contribution is -1.89. The maximum absolute atomic E-state index is 5.66. The molecule has 0 bridgehead atoms. The number of nitrogen functional groups attached to an aromatic ring is 1. The Hall–Kier alpha value is -1.16. The van der Waals surface area contributed by atoms with Gasteiger partial charge in [-0.15, -0.1) is 0 Å². The summed E-state index contributed by atoms with van der Waals surface area (Å²) in [6, 6.07) is 5.52. The van der Waals surface area contributed by atoms with Crippen molar-refractivity contribution in [2.75, 3.05) is 11.5 Å². The van der Waals surface area contributed by atoms with Crippen LogP contribution in [-0.4, -0.2) is 10.7 Å². The first-order chi connectivity index (χ1) is 7.15. The van der Waals surface area contributed by atoms with Gasteiger partial charge < -0.3 is 10.2 Å². The number of anilines is 1. The number of aromatic nitrogens is 1. The second-order valence-corrected chi connectivity index (χ2v) is 4.88. The van der Waals surface area contributed by atoms with E-state index in [2.05, 4.69) is 18.8 Å². The fourth-order valence-corrected chi connectivity index (χ4v) is 2.01. The van der Waals surface area contributed by atoms with Crippen LogP contribution in [0.1, 0.15) is 13.8 Å². The molecular weight excluding hydrogens is 208 g/mol. The van der Waals surface area contributed by atoms with Gasteiger partial charge in [-0.25, -0.2) is 4.98 Å². The molecule has 4 heteroatoms. The van der Waals surface area contributed by atoms with E-state index in [1.54, 1.807) is 11.8 Å². The summed E-state index contributed by atoms with van der Waals surface area (Å²) in [5.74, 6) is 1.65. The Kier molecular flexibility index (Phi) is 2.86. The Labute approximate surface area is 93.0 Å². The van der Waals surface area contributed by atoms with Crippen molar-refractivity contribution >= 4 is 28.5 Å². The van der Waals surface area contributed by atoms with Crippen molar-refractivity contribution in [3.8, 4) is 0 Å². The van der Waals surface area contributed by atoms with Crippen molar-refractivity contribution in [2.45, 2.75) is 19.1 Å². The van der Waals surface area contributed by atoms with Gasteiger partial charge in [0.2, 0.25) is 0 Å². The maximum Gasteiger partial charge on any atom is 0.256 e. The third-order valence-corrected chi connectivity index (χ3v) is 3.19. The van der Waals surface area contributed by atoms with Crippen molar-refractivity contribution in [1.29, 1.82) is 0 Å². The summed E-state index contributed by atoms with van der Waals surface area (Å²) < 4.78 is 5.57. The molecule has 0 aliphatic carbocycles. The number of hydrogen-bond donors (Lipinski definition) is 1. The summed E-state index contributed by atoms with van der Waals surface area (Å²) in [5.41, 5.74) is 8.00. The van der Waals surface area contributed by atoms with Crippen molar-refractivity contribution in [3.05, 3.63) is 18.2 Å². The molecule has 3 nitrogen and oxygen atoms in total. The van der Waals surface area contributed by atoms with Crippen molar-refractivity contribution in [3.63, 3.8) is 0 Å². The smallest absolute Gasteiger partial charge is 0.256 e. The number of thioether (sulfide) groups is 1. The lowest BCUT2D eigenvalue weighted by Gasteiger charge is -1.98. The molecule has 0 unspecified atom stereocenters. The highest BCUT2D eigenvalue weighted by Gasteiger charge is 2.07. The number of rotatable bonds is 3. The van der Waals surface area contributed by atoms with Crippen LogP contribution in [-0.2, 0) is 0 Å². The molecule has 0 fully saturated rings. The number of nitrogens with zero attached hydrogens (tertiary/aromatic N) is 1. The van der Waals surface area contributed by atoms with E-state index in [0.29, 0.717) is 11.6 Å². The van der Waals surface area contributed by atoms with Crippen LogP contribution in [0.25, 0.3) is 11.1 Å². The molecule has 2 rings (SSSR count). The van der Waals surface area contributed by atoms with Crippen molar-refractivity contribution < 1.29 is 4.42 Å². The lowest BCUT2D eigenvalue weighted by molar-refractivity contribution is 0.488. The highest BCUT2D eigenvalue weighted by Crippen LogP contribution is 2.25. The van der Waals surface area contributed by atoms with Gasteiger partial charge in [0.15, 0.2) is 5.58 Å². The zero-order chi connectivity index (χ0) is 10.8. The summed E-state index contributed by atoms with van der Waals surface area (Å²) in [5, 5.41) is 0.726. The Bertz CT molecular complexity index is 465. The van der Waals surface area contributed by atoms with E-state index in [-0.39, 0.29) is 0 Å². The predicted molar refractivity (Wildman–Crippen MR) is 64.0 cm³/mol. The third kappa shape index (κ3) is 2.45. The second kappa shape index (κ2) is 4.14. The molecule has 80 valence electrons. The van der Waals surface area contributed by atoms with E-state index in [9.17, 15) is 0 Å². The summed E-state index contributed by atoms with van der Waals surface area (Å²) in [6.45, 7) is 4.35. The summed E-state index contributed by atoms with van der Waals surface area (Å²) >= 11 is 1.64. The molecule has 15 heavy (non-hydrogen) atoms. The van der Waals surface area contributed by atoms with Gasteiger partial charge >= 0.3 is 0 Å². The number of benzene rings is 1. The van der Waals surface area contributed by atoms with E-state index in [1.165, 1.54) is 0 Å². The molecule has 0 aliphatic rings. The van der Waals surface area contributed by atoms with Crippen LogP contribution in [0.15, 0.2) is 27.8 Å². The van der Waals surface area contributed by atoms with Gasteiger partial charge in [0.05, 0.1) is 0 Å². The van der Waals surface area contributed by atoms with Crippen LogP contribution in [0.3, 0.4) is 0 Å². The zero-order valence-electron chi connectivity index (χ0n) is 8.86. The van der Waals surface area contributed by atoms with E-state index in [0.717, 1.165) is 22.1 Å². The van der Waals surface area contributed by atoms with Crippen LogP contribution in [0.5, 0.6) is 0 Å². The molecule has 0 atom stereocenters. The Balaban J connectivity index is 2.23. The number of nitrogens with two attached hydrogens (primary N) is 1. The first-order valence-electron chi connectivity index (χ1n) is 4.94. The number of hydrogen-bond acceptors (Lipinski definition) is 4. The normalized spacial score (nSPS) is 11.4. The summed E-state index contributed by atoms with van der Waals surface area (Å²) in [4.78, 5) is 4.37. The molecule has 1 aromatic heterocycles. The van der Waals surface area contributed by atoms with Gasteiger partial charge in [0, 0.05) is 17.5 Å². The standard InChI is InChI=1S/C11H14N2OS/c1-7(2)6-15-11-13-9-4-3-8(12)5-10(9)14-11/h3-5,7H,6,12H2,1-2H3. The Morgan fingerprint density at radius 3 is 3.00 bits per heavy atom. The summed E-state index contributed by atoms with van der Waals surface area (Å²) in [6.07, 6.45) is 0. The van der Waals surface area contributed by atoms with Crippen LogP contribution in [0, 0.1) is 5.92 Å². The molecular formula is C11H14N2OS. The topological polar surface area (TPSA) is 52.0 Å². The average Bonchev–Trinajstić information content (AvgIpc) is 2.56. The largest absolute Gasteiger partial charge is 0.431 e. The fraction of sp³-hybridized carbons (Fsp3) is 0.364. The van der Waals surface area contributed by atoms with Gasteiger partial charge in [-0.3, -0.25) is 0 Å². The highest BCUT2D eigenvalue weighted by molar-refractivity contribution is 7.99. The Morgan fingerprint density at radius 2 is 2.27 bits per heavy atom. The molecule has 0 spiro atoms. The molecule has 0 aliphatic heterocycles. The van der Waals surface area contributed by atoms with Crippen LogP contribution >= 0.6 is 11.8 Å². The molecule has 1 heterocycles. The van der Waals surface area contributed by atoms with Crippen LogP contribution in [0.4, 0.5) is 5.69 Å². The minimum Gasteiger partial charge on any atom is -0.431 e. The SMILES string of the molecule is CC(C)CSc1nc2ccc(N)cc2o1. The van der Waals surface area contributed by atoms with Crippen LogP contribution in [0.2, 0.25) is 0 Å². The minimum atomic E-state index is 0.634. The van der Waals surface area contributed by atoms with E-state index >= 15 is 0 Å². The van der Waals surface area contributed by atoms with E-state index in [4.69, 9.17) is 10.2 Å². The first-order valence-corrected chi connectivity index (χ1v) is 5.92. The third-order valence-electron chi connectivity index (χ3n) is 1.93. The summed E-state index contributed by atoms with van der Waals surface area (Å²) in [7, 11) is 0. The van der Waals surface area contributed by atoms with Gasteiger partial charge in [-0.05, 0) is 18.1 Å². The molecule has 1 aromatic carbocycles. The quantitative estimate of drug-likeness (QED) is 0.640. The van der Waals surface area contributed by atoms with Crippen LogP contribution < -0.4 is 5.73 Å². The van der Waals surface area contributed by atoms with E-state index < -0.39 is 0 Å².